The summed E-state index contributed by atoms with van der Waals surface area (Å²) >= 11 is 0. The minimum Gasteiger partial charge on any atom is -0.478 e. The lowest BCUT2D eigenvalue weighted by molar-refractivity contribution is 0.0698. The van der Waals surface area contributed by atoms with Gasteiger partial charge < -0.3 is 5.11 Å². The van der Waals surface area contributed by atoms with Crippen LogP contribution in [0.25, 0.3) is 5.65 Å². The number of rotatable bonds is 3. The van der Waals surface area contributed by atoms with Gasteiger partial charge in [0.05, 0.1) is 5.69 Å². The van der Waals surface area contributed by atoms with Gasteiger partial charge in [-0.3, -0.25) is 4.40 Å². The quantitative estimate of drug-likeness (QED) is 0.825. The van der Waals surface area contributed by atoms with Crippen molar-refractivity contribution in [3.8, 4) is 0 Å². The highest BCUT2D eigenvalue weighted by Gasteiger charge is 2.19. The number of hydrogen-bond acceptors (Lipinski definition) is 4. The van der Waals surface area contributed by atoms with E-state index >= 15 is 0 Å². The zero-order valence-corrected chi connectivity index (χ0v) is 9.41. The first-order valence-electron chi connectivity index (χ1n) is 5.14. The molecule has 2 aromatic heterocycles. The fraction of sp³-hybridized carbons (Fsp3) is 0.273. The van der Waals surface area contributed by atoms with E-state index in [1.807, 2.05) is 13.8 Å². The highest BCUT2D eigenvalue weighted by molar-refractivity contribution is 5.94. The van der Waals surface area contributed by atoms with Gasteiger partial charge in [-0.1, -0.05) is 13.8 Å². The van der Waals surface area contributed by atoms with E-state index < -0.39 is 5.97 Å². The fourth-order valence-corrected chi connectivity index (χ4v) is 1.72. The first-order valence-corrected chi connectivity index (χ1v) is 5.14. The van der Waals surface area contributed by atoms with Crippen molar-refractivity contribution < 1.29 is 9.90 Å². The summed E-state index contributed by atoms with van der Waals surface area (Å²) in [6.45, 7) is 3.74. The molecular formula is C11H11N3O3. The van der Waals surface area contributed by atoms with Crippen LogP contribution in [-0.2, 0) is 0 Å². The van der Waals surface area contributed by atoms with Crippen LogP contribution in [0.5, 0.6) is 0 Å². The molecule has 0 aromatic carbocycles. The van der Waals surface area contributed by atoms with Gasteiger partial charge in [0.2, 0.25) is 5.82 Å². The van der Waals surface area contributed by atoms with Crippen LogP contribution in [0.1, 0.15) is 35.8 Å². The molecule has 0 amide bonds. The van der Waals surface area contributed by atoms with Gasteiger partial charge in [0, 0.05) is 6.20 Å². The molecule has 1 N–H and O–H groups in total. The van der Waals surface area contributed by atoms with E-state index in [0.717, 1.165) is 0 Å². The van der Waals surface area contributed by atoms with Gasteiger partial charge in [0.25, 0.3) is 0 Å². The predicted octanol–water partition coefficient (Wildman–Crippen LogP) is 2.55. The summed E-state index contributed by atoms with van der Waals surface area (Å²) in [4.78, 5) is 26.1. The number of carboxylic acids is 1. The van der Waals surface area contributed by atoms with Gasteiger partial charge in [-0.25, -0.2) is 9.78 Å². The van der Waals surface area contributed by atoms with Crippen LogP contribution in [0.3, 0.4) is 0 Å². The van der Waals surface area contributed by atoms with Crippen molar-refractivity contribution >= 4 is 17.4 Å². The molecule has 17 heavy (non-hydrogen) atoms. The van der Waals surface area contributed by atoms with Crippen LogP contribution in [0.4, 0.5) is 5.82 Å². The Hall–Kier alpha value is -2.24. The lowest BCUT2D eigenvalue weighted by Gasteiger charge is -1.98. The summed E-state index contributed by atoms with van der Waals surface area (Å²) in [6.07, 6.45) is 1.58. The summed E-state index contributed by atoms with van der Waals surface area (Å²) < 4.78 is 1.41. The van der Waals surface area contributed by atoms with Crippen molar-refractivity contribution in [3.05, 3.63) is 34.5 Å². The second kappa shape index (κ2) is 3.97. The topological polar surface area (TPSA) is 84.0 Å². The third-order valence-corrected chi connectivity index (χ3v) is 2.51. The first-order chi connectivity index (χ1) is 8.06. The van der Waals surface area contributed by atoms with Crippen LogP contribution < -0.4 is 0 Å². The number of hydrogen-bond donors (Lipinski definition) is 1. The third-order valence-electron chi connectivity index (χ3n) is 2.51. The number of fused-ring (bicyclic) bond motifs is 1. The molecule has 2 heterocycles. The second-order valence-electron chi connectivity index (χ2n) is 3.99. The zero-order chi connectivity index (χ0) is 12.6. The maximum Gasteiger partial charge on any atom is 0.339 e. The molecule has 0 unspecified atom stereocenters. The van der Waals surface area contributed by atoms with Crippen molar-refractivity contribution in [1.82, 2.24) is 9.38 Å². The van der Waals surface area contributed by atoms with Crippen LogP contribution in [0.2, 0.25) is 0 Å². The van der Waals surface area contributed by atoms with Gasteiger partial charge in [0.1, 0.15) is 5.56 Å². The lowest BCUT2D eigenvalue weighted by Crippen LogP contribution is -2.00. The lowest BCUT2D eigenvalue weighted by atomic mass is 10.1. The van der Waals surface area contributed by atoms with Crippen LogP contribution in [0.15, 0.2) is 23.5 Å². The molecule has 6 heteroatoms. The Kier molecular flexibility index (Phi) is 2.63. The Balaban J connectivity index is 2.85. The van der Waals surface area contributed by atoms with E-state index in [2.05, 4.69) is 10.2 Å². The minimum absolute atomic E-state index is 0.00393. The number of carboxylic acid groups (broad SMARTS) is 1. The molecule has 6 nitrogen and oxygen atoms in total. The van der Waals surface area contributed by atoms with E-state index in [0.29, 0.717) is 5.69 Å². The van der Waals surface area contributed by atoms with Crippen molar-refractivity contribution in [2.24, 2.45) is 5.18 Å². The first kappa shape index (κ1) is 11.3. The maximum absolute atomic E-state index is 11.0. The largest absolute Gasteiger partial charge is 0.478 e. The molecule has 0 radical (unpaired) electrons. The van der Waals surface area contributed by atoms with E-state index in [1.165, 1.54) is 10.5 Å². The monoisotopic (exact) mass is 233 g/mol. The molecule has 0 saturated carbocycles. The number of pyridine rings is 1. The molecule has 2 rings (SSSR count). The van der Waals surface area contributed by atoms with Crippen molar-refractivity contribution in [3.63, 3.8) is 0 Å². The normalized spacial score (nSPS) is 11.0. The molecule has 88 valence electrons. The van der Waals surface area contributed by atoms with Gasteiger partial charge in [-0.15, -0.1) is 4.91 Å². The Labute approximate surface area is 96.9 Å². The highest BCUT2D eigenvalue weighted by Crippen LogP contribution is 2.28. The second-order valence-corrected chi connectivity index (χ2v) is 3.99. The smallest absolute Gasteiger partial charge is 0.339 e. The summed E-state index contributed by atoms with van der Waals surface area (Å²) in [6, 6.07) is 3.00. The van der Waals surface area contributed by atoms with Crippen LogP contribution in [0, 0.1) is 4.91 Å². The van der Waals surface area contributed by atoms with Crippen molar-refractivity contribution in [1.29, 1.82) is 0 Å². The van der Waals surface area contributed by atoms with Gasteiger partial charge >= 0.3 is 5.97 Å². The van der Waals surface area contributed by atoms with Crippen LogP contribution >= 0.6 is 0 Å². The Morgan fingerprint density at radius 2 is 2.24 bits per heavy atom. The Morgan fingerprint density at radius 1 is 1.53 bits per heavy atom. The number of nitroso groups, excluding NO2 is 1. The van der Waals surface area contributed by atoms with Crippen molar-refractivity contribution in [2.45, 2.75) is 19.8 Å². The van der Waals surface area contributed by atoms with Gasteiger partial charge in [0.15, 0.2) is 5.65 Å². The van der Waals surface area contributed by atoms with E-state index in [4.69, 9.17) is 5.11 Å². The number of nitrogens with zero attached hydrogens (tertiary/aromatic N) is 3. The Morgan fingerprint density at radius 3 is 2.76 bits per heavy atom. The van der Waals surface area contributed by atoms with Crippen molar-refractivity contribution in [2.75, 3.05) is 0 Å². The number of aromatic nitrogens is 2. The van der Waals surface area contributed by atoms with Crippen LogP contribution in [-0.4, -0.2) is 20.5 Å². The van der Waals surface area contributed by atoms with E-state index in [1.54, 1.807) is 12.3 Å². The fourth-order valence-electron chi connectivity index (χ4n) is 1.72. The van der Waals surface area contributed by atoms with Gasteiger partial charge in [-0.05, 0) is 23.2 Å². The van der Waals surface area contributed by atoms with E-state index in [-0.39, 0.29) is 22.9 Å². The molecule has 0 saturated heterocycles. The molecule has 0 fully saturated rings. The number of imidazole rings is 1. The predicted molar refractivity (Wildman–Crippen MR) is 61.7 cm³/mol. The third kappa shape index (κ3) is 1.67. The molecule has 0 aliphatic carbocycles. The average molecular weight is 233 g/mol. The molecule has 0 aliphatic heterocycles. The van der Waals surface area contributed by atoms with E-state index in [9.17, 15) is 9.70 Å². The molecule has 0 bridgehead atoms. The standard InChI is InChI=1S/C11H11N3O3/c1-6(2)8-10(13-17)14-5-3-4-7(11(15)16)9(14)12-8/h3-6H,1-2H3,(H,15,16). The number of carbonyl (C=O) groups is 1. The van der Waals surface area contributed by atoms with Gasteiger partial charge in [-0.2, -0.15) is 0 Å². The maximum atomic E-state index is 11.0. The molecular weight excluding hydrogens is 222 g/mol. The summed E-state index contributed by atoms with van der Waals surface area (Å²) in [7, 11) is 0. The minimum atomic E-state index is -1.08. The zero-order valence-electron chi connectivity index (χ0n) is 9.41. The average Bonchev–Trinajstić information content (AvgIpc) is 2.66. The molecule has 0 atom stereocenters. The Bertz CT molecular complexity index is 601. The summed E-state index contributed by atoms with van der Waals surface area (Å²) in [5.74, 6) is -0.907. The summed E-state index contributed by atoms with van der Waals surface area (Å²) in [5, 5.41) is 12.0. The molecule has 0 aliphatic rings. The number of aromatic carboxylic acids is 1. The molecule has 2 aromatic rings. The highest BCUT2D eigenvalue weighted by atomic mass is 16.4. The summed E-state index contributed by atoms with van der Waals surface area (Å²) in [5.41, 5.74) is 0.816. The molecule has 0 spiro atoms. The SMILES string of the molecule is CC(C)c1nc2c(C(=O)O)cccn2c1N=O.